The predicted octanol–water partition coefficient (Wildman–Crippen LogP) is 2.64. The Kier molecular flexibility index (Phi) is 11.5. The molecule has 0 aliphatic heterocycles. The Morgan fingerprint density at radius 3 is 2.35 bits per heavy atom. The molecule has 0 radical (unpaired) electrons. The topological polar surface area (TPSA) is 105 Å². The maximum absolute atomic E-state index is 12.7. The molecule has 0 aliphatic carbocycles. The normalized spacial score (nSPS) is 11.1. The van der Waals surface area contributed by atoms with Crippen molar-refractivity contribution in [1.29, 1.82) is 0 Å². The van der Waals surface area contributed by atoms with Crippen LogP contribution in [-0.4, -0.2) is 44.8 Å². The smallest absolute Gasteiger partial charge is 0.243 e. The molecular formula is C17H31ClN4O3S. The summed E-state index contributed by atoms with van der Waals surface area (Å²) in [5.74, 6) is -0.238. The van der Waals surface area contributed by atoms with Crippen LogP contribution in [0.15, 0.2) is 23.1 Å². The zero-order valence-electron chi connectivity index (χ0n) is 15.7. The molecule has 26 heavy (non-hydrogen) atoms. The fraction of sp³-hybridized carbons (Fsp3) is 0.588. The number of hydrogen-bond donors (Lipinski definition) is 3. The van der Waals surface area contributed by atoms with Crippen LogP contribution in [0.5, 0.6) is 0 Å². The first-order valence-electron chi connectivity index (χ1n) is 8.78. The standard InChI is InChI=1S/C17H30N4O3S.ClH/c1-4-7-12-19-15-9-8-14(25(23,24)21(5-2)6-3)13-16(15)20-17(22)10-11-18;/h8-9,13,19H,4-7,10-12,18H2,1-3H3,(H,20,22);1H. The van der Waals surface area contributed by atoms with Gasteiger partial charge in [-0.25, -0.2) is 8.42 Å². The molecular weight excluding hydrogens is 376 g/mol. The van der Waals surface area contributed by atoms with Crippen LogP contribution in [0.3, 0.4) is 0 Å². The van der Waals surface area contributed by atoms with Crippen LogP contribution in [0.25, 0.3) is 0 Å². The second-order valence-corrected chi connectivity index (χ2v) is 7.60. The number of carbonyl (C=O) groups is 1. The van der Waals surface area contributed by atoms with Crippen molar-refractivity contribution in [3.05, 3.63) is 18.2 Å². The molecule has 1 aromatic carbocycles. The molecule has 1 rings (SSSR count). The van der Waals surface area contributed by atoms with Crippen molar-refractivity contribution >= 4 is 39.7 Å². The van der Waals surface area contributed by atoms with Crippen molar-refractivity contribution in [2.24, 2.45) is 5.73 Å². The van der Waals surface area contributed by atoms with E-state index in [1.165, 1.54) is 10.4 Å². The fourth-order valence-electron chi connectivity index (χ4n) is 2.40. The summed E-state index contributed by atoms with van der Waals surface area (Å²) < 4.78 is 26.8. The highest BCUT2D eigenvalue weighted by molar-refractivity contribution is 7.89. The van der Waals surface area contributed by atoms with Gasteiger partial charge in [-0.05, 0) is 24.6 Å². The molecule has 1 aromatic rings. The molecule has 9 heteroatoms. The molecule has 0 saturated carbocycles. The number of benzene rings is 1. The number of unbranched alkanes of at least 4 members (excludes halogenated alkanes) is 1. The van der Waals surface area contributed by atoms with E-state index in [1.807, 2.05) is 0 Å². The van der Waals surface area contributed by atoms with Gasteiger partial charge in [0.25, 0.3) is 0 Å². The van der Waals surface area contributed by atoms with E-state index >= 15 is 0 Å². The number of nitrogens with one attached hydrogen (secondary N) is 2. The lowest BCUT2D eigenvalue weighted by molar-refractivity contribution is -0.116. The van der Waals surface area contributed by atoms with Crippen molar-refractivity contribution in [3.63, 3.8) is 0 Å². The van der Waals surface area contributed by atoms with Crippen LogP contribution in [0.4, 0.5) is 11.4 Å². The number of rotatable bonds is 11. The zero-order chi connectivity index (χ0) is 18.9. The number of anilines is 2. The lowest BCUT2D eigenvalue weighted by Gasteiger charge is -2.20. The van der Waals surface area contributed by atoms with Crippen LogP contribution in [0.1, 0.15) is 40.0 Å². The largest absolute Gasteiger partial charge is 0.383 e. The summed E-state index contributed by atoms with van der Waals surface area (Å²) in [6, 6.07) is 4.78. The summed E-state index contributed by atoms with van der Waals surface area (Å²) in [7, 11) is -3.58. The number of nitrogens with two attached hydrogens (primary N) is 1. The highest BCUT2D eigenvalue weighted by Crippen LogP contribution is 2.27. The summed E-state index contributed by atoms with van der Waals surface area (Å²) in [6.07, 6.45) is 2.20. The Morgan fingerprint density at radius 1 is 1.15 bits per heavy atom. The quantitative estimate of drug-likeness (QED) is 0.490. The number of carbonyl (C=O) groups excluding carboxylic acids is 1. The highest BCUT2D eigenvalue weighted by atomic mass is 35.5. The molecule has 0 spiro atoms. The third-order valence-corrected chi connectivity index (χ3v) is 5.87. The Hall–Kier alpha value is -1.35. The number of amides is 1. The van der Waals surface area contributed by atoms with E-state index in [-0.39, 0.29) is 36.2 Å². The Morgan fingerprint density at radius 2 is 1.81 bits per heavy atom. The molecule has 0 aliphatic rings. The number of hydrogen-bond acceptors (Lipinski definition) is 5. The van der Waals surface area contributed by atoms with Gasteiger partial charge in [-0.15, -0.1) is 12.4 Å². The lowest BCUT2D eigenvalue weighted by Crippen LogP contribution is -2.30. The summed E-state index contributed by atoms with van der Waals surface area (Å²) in [5.41, 5.74) is 6.58. The molecule has 0 fully saturated rings. The van der Waals surface area contributed by atoms with Crippen molar-refractivity contribution in [2.75, 3.05) is 36.8 Å². The van der Waals surface area contributed by atoms with E-state index in [9.17, 15) is 13.2 Å². The molecule has 150 valence electrons. The van der Waals surface area contributed by atoms with Crippen LogP contribution in [-0.2, 0) is 14.8 Å². The molecule has 0 saturated heterocycles. The minimum absolute atomic E-state index is 0. The van der Waals surface area contributed by atoms with E-state index < -0.39 is 10.0 Å². The zero-order valence-corrected chi connectivity index (χ0v) is 17.4. The minimum Gasteiger partial charge on any atom is -0.383 e. The van der Waals surface area contributed by atoms with Gasteiger partial charge in [-0.2, -0.15) is 4.31 Å². The molecule has 0 aromatic heterocycles. The first-order valence-corrected chi connectivity index (χ1v) is 10.2. The summed E-state index contributed by atoms with van der Waals surface area (Å²) >= 11 is 0. The number of halogens is 1. The molecule has 0 atom stereocenters. The Balaban J connectivity index is 0.00000625. The van der Waals surface area contributed by atoms with Crippen LogP contribution in [0.2, 0.25) is 0 Å². The number of nitrogens with zero attached hydrogens (tertiary/aromatic N) is 1. The maximum Gasteiger partial charge on any atom is 0.243 e. The van der Waals surface area contributed by atoms with Gasteiger partial charge in [-0.3, -0.25) is 4.79 Å². The van der Waals surface area contributed by atoms with E-state index in [2.05, 4.69) is 17.6 Å². The highest BCUT2D eigenvalue weighted by Gasteiger charge is 2.23. The average Bonchev–Trinajstić information content (AvgIpc) is 2.57. The number of sulfonamides is 1. The van der Waals surface area contributed by atoms with Gasteiger partial charge in [0.2, 0.25) is 15.9 Å². The first kappa shape index (κ1) is 24.7. The van der Waals surface area contributed by atoms with E-state index in [1.54, 1.807) is 26.0 Å². The van der Waals surface area contributed by atoms with Gasteiger partial charge >= 0.3 is 0 Å². The van der Waals surface area contributed by atoms with E-state index in [4.69, 9.17) is 5.73 Å². The summed E-state index contributed by atoms with van der Waals surface area (Å²) in [5, 5.41) is 6.00. The van der Waals surface area contributed by atoms with Crippen molar-refractivity contribution in [3.8, 4) is 0 Å². The molecule has 7 nitrogen and oxygen atoms in total. The van der Waals surface area contributed by atoms with Crippen molar-refractivity contribution in [2.45, 2.75) is 44.9 Å². The summed E-state index contributed by atoms with van der Waals surface area (Å²) in [4.78, 5) is 12.1. The van der Waals surface area contributed by atoms with E-state index in [0.29, 0.717) is 24.5 Å². The van der Waals surface area contributed by atoms with Crippen molar-refractivity contribution in [1.82, 2.24) is 4.31 Å². The molecule has 1 amide bonds. The minimum atomic E-state index is -3.58. The van der Waals surface area contributed by atoms with Crippen LogP contribution >= 0.6 is 12.4 Å². The van der Waals surface area contributed by atoms with Gasteiger partial charge in [0.05, 0.1) is 16.3 Å². The third-order valence-electron chi connectivity index (χ3n) is 3.83. The fourth-order valence-corrected chi connectivity index (χ4v) is 3.88. The van der Waals surface area contributed by atoms with Gasteiger partial charge in [0, 0.05) is 32.6 Å². The van der Waals surface area contributed by atoms with Crippen LogP contribution in [0, 0.1) is 0 Å². The van der Waals surface area contributed by atoms with Crippen LogP contribution < -0.4 is 16.4 Å². The monoisotopic (exact) mass is 406 g/mol. The Bertz CT molecular complexity index is 664. The van der Waals surface area contributed by atoms with Gasteiger partial charge in [0.15, 0.2) is 0 Å². The van der Waals surface area contributed by atoms with E-state index in [0.717, 1.165) is 19.4 Å². The average molecular weight is 407 g/mol. The SMILES string of the molecule is CCCCNc1ccc(S(=O)(=O)N(CC)CC)cc1NC(=O)CCN.Cl. The van der Waals surface area contributed by atoms with Gasteiger partial charge in [-0.1, -0.05) is 27.2 Å². The molecule has 0 unspecified atom stereocenters. The molecule has 0 heterocycles. The summed E-state index contributed by atoms with van der Waals surface area (Å²) in [6.45, 7) is 7.46. The third kappa shape index (κ3) is 6.75. The second-order valence-electron chi connectivity index (χ2n) is 5.66. The lowest BCUT2D eigenvalue weighted by atomic mass is 10.2. The molecule has 4 N–H and O–H groups in total. The Labute approximate surface area is 163 Å². The predicted molar refractivity (Wildman–Crippen MR) is 109 cm³/mol. The van der Waals surface area contributed by atoms with Gasteiger partial charge < -0.3 is 16.4 Å². The molecule has 0 bridgehead atoms. The second kappa shape index (κ2) is 12.1. The maximum atomic E-state index is 12.7. The first-order chi connectivity index (χ1) is 11.9. The van der Waals surface area contributed by atoms with Gasteiger partial charge in [0.1, 0.15) is 0 Å². The van der Waals surface area contributed by atoms with Crippen molar-refractivity contribution < 1.29 is 13.2 Å².